The zero-order valence-corrected chi connectivity index (χ0v) is 25.5. The van der Waals surface area contributed by atoms with Crippen LogP contribution in [0.2, 0.25) is 0 Å². The van der Waals surface area contributed by atoms with Crippen molar-refractivity contribution in [3.63, 3.8) is 0 Å². The molecule has 0 saturated heterocycles. The van der Waals surface area contributed by atoms with Crippen LogP contribution in [0.3, 0.4) is 0 Å². The largest absolute Gasteiger partial charge is 0.379 e. The summed E-state index contributed by atoms with van der Waals surface area (Å²) in [5, 5.41) is 4.94. The number of benzene rings is 2. The van der Waals surface area contributed by atoms with Gasteiger partial charge in [-0.3, -0.25) is 14.1 Å². The highest BCUT2D eigenvalue weighted by Gasteiger charge is 2.27. The monoisotopic (exact) mass is 631 g/mol. The Hall–Kier alpha value is -3.35. The number of fused-ring (bicyclic) bond motifs is 2. The molecule has 0 heterocycles. The first-order valence-corrected chi connectivity index (χ1v) is 16.1. The van der Waals surface area contributed by atoms with Crippen molar-refractivity contribution in [1.82, 2.24) is 10.6 Å². The predicted octanol–water partition coefficient (Wildman–Crippen LogP) is 0.978. The van der Waals surface area contributed by atoms with Crippen LogP contribution in [0.5, 0.6) is 0 Å². The minimum Gasteiger partial charge on any atom is -0.379 e. The summed E-state index contributed by atoms with van der Waals surface area (Å²) in [6, 6.07) is 13.6. The van der Waals surface area contributed by atoms with Crippen LogP contribution in [-0.2, 0) is 45.1 Å². The second-order valence-electron chi connectivity index (χ2n) is 9.99. The summed E-state index contributed by atoms with van der Waals surface area (Å²) < 4.78 is 54.7. The summed E-state index contributed by atoms with van der Waals surface area (Å²) in [4.78, 5) is 25.5. The number of carbonyl (C=O) groups is 2. The maximum absolute atomic E-state index is 12.8. The second-order valence-corrected chi connectivity index (χ2v) is 11.5. The lowest BCUT2D eigenvalue weighted by Crippen LogP contribution is -2.51. The molecule has 2 aromatic rings. The molecule has 1 aliphatic carbocycles. The molecule has 0 fully saturated rings. The van der Waals surface area contributed by atoms with Gasteiger partial charge in [-0.1, -0.05) is 48.2 Å². The first-order chi connectivity index (χ1) is 21.3. The van der Waals surface area contributed by atoms with Crippen molar-refractivity contribution in [3.05, 3.63) is 70.8 Å². The highest BCUT2D eigenvalue weighted by atomic mass is 32.2. The van der Waals surface area contributed by atoms with E-state index in [-0.39, 0.29) is 6.54 Å². The van der Waals surface area contributed by atoms with Crippen molar-refractivity contribution in [2.45, 2.75) is 31.4 Å². The Morgan fingerprint density at radius 3 is 2.23 bits per heavy atom. The van der Waals surface area contributed by atoms with Crippen molar-refractivity contribution in [3.8, 4) is 11.8 Å². The first-order valence-electron chi connectivity index (χ1n) is 14.5. The highest BCUT2D eigenvalue weighted by Crippen LogP contribution is 2.28. The van der Waals surface area contributed by atoms with Gasteiger partial charge in [0.1, 0.15) is 18.4 Å². The molecule has 1 aliphatic rings. The number of rotatable bonds is 20. The SMILES string of the molecule is NCCCOCCOCCOCCCNC(=O)C(CS(=O)(=O)O)NC(=O)COC1Cc2ccccc2C#Cc2ccccc21. The summed E-state index contributed by atoms with van der Waals surface area (Å²) in [6.07, 6.45) is 1.19. The van der Waals surface area contributed by atoms with Crippen LogP contribution in [0.4, 0.5) is 0 Å². The Morgan fingerprint density at radius 1 is 0.909 bits per heavy atom. The Balaban J connectivity index is 1.44. The summed E-state index contributed by atoms with van der Waals surface area (Å²) in [5.74, 6) is 3.90. The van der Waals surface area contributed by atoms with Gasteiger partial charge in [-0.25, -0.2) is 0 Å². The molecule has 2 amide bonds. The van der Waals surface area contributed by atoms with Gasteiger partial charge < -0.3 is 35.3 Å². The van der Waals surface area contributed by atoms with Crippen LogP contribution < -0.4 is 16.4 Å². The molecule has 0 saturated carbocycles. The highest BCUT2D eigenvalue weighted by molar-refractivity contribution is 7.85. The summed E-state index contributed by atoms with van der Waals surface area (Å²) in [7, 11) is -4.57. The zero-order valence-electron chi connectivity index (χ0n) is 24.7. The molecule has 5 N–H and O–H groups in total. The summed E-state index contributed by atoms with van der Waals surface area (Å²) in [6.45, 7) is 2.93. The Kier molecular flexibility index (Phi) is 15.3. The average Bonchev–Trinajstić information content (AvgIpc) is 2.99. The lowest BCUT2D eigenvalue weighted by Gasteiger charge is -2.23. The van der Waals surface area contributed by atoms with Crippen molar-refractivity contribution in [2.75, 3.05) is 65.1 Å². The van der Waals surface area contributed by atoms with E-state index in [0.717, 1.165) is 28.7 Å². The van der Waals surface area contributed by atoms with E-state index in [1.54, 1.807) is 0 Å². The van der Waals surface area contributed by atoms with Crippen molar-refractivity contribution in [2.24, 2.45) is 5.73 Å². The van der Waals surface area contributed by atoms with Gasteiger partial charge in [-0.15, -0.1) is 0 Å². The molecule has 2 unspecified atom stereocenters. The quantitative estimate of drug-likeness (QED) is 0.0937. The fraction of sp³-hybridized carbons (Fsp3) is 0.484. The van der Waals surface area contributed by atoms with E-state index >= 15 is 0 Å². The van der Waals surface area contributed by atoms with Gasteiger partial charge in [0.05, 0.1) is 32.5 Å². The van der Waals surface area contributed by atoms with E-state index in [0.29, 0.717) is 59.0 Å². The van der Waals surface area contributed by atoms with Crippen molar-refractivity contribution >= 4 is 21.9 Å². The van der Waals surface area contributed by atoms with Gasteiger partial charge in [-0.05, 0) is 42.6 Å². The molecule has 2 aromatic carbocycles. The Morgan fingerprint density at radius 2 is 1.52 bits per heavy atom. The molecule has 0 spiro atoms. The molecule has 13 heteroatoms. The van der Waals surface area contributed by atoms with Crippen LogP contribution in [0.25, 0.3) is 0 Å². The maximum Gasteiger partial charge on any atom is 0.267 e. The number of hydrogen-bond acceptors (Lipinski definition) is 9. The lowest BCUT2D eigenvalue weighted by molar-refractivity contribution is -0.132. The fourth-order valence-electron chi connectivity index (χ4n) is 4.35. The van der Waals surface area contributed by atoms with Crippen LogP contribution >= 0.6 is 0 Å². The third-order valence-electron chi connectivity index (χ3n) is 6.51. The van der Waals surface area contributed by atoms with E-state index in [1.165, 1.54) is 0 Å². The first kappa shape index (κ1) is 35.1. The van der Waals surface area contributed by atoms with Gasteiger partial charge in [-0.2, -0.15) is 8.42 Å². The Labute approximate surface area is 258 Å². The summed E-state index contributed by atoms with van der Waals surface area (Å²) >= 11 is 0. The van der Waals surface area contributed by atoms with Gasteiger partial charge >= 0.3 is 0 Å². The number of hydrogen-bond donors (Lipinski definition) is 4. The molecule has 2 atom stereocenters. The molecule has 44 heavy (non-hydrogen) atoms. The molecular weight excluding hydrogens is 590 g/mol. The lowest BCUT2D eigenvalue weighted by atomic mass is 9.92. The van der Waals surface area contributed by atoms with Gasteiger partial charge in [0.25, 0.3) is 10.1 Å². The summed E-state index contributed by atoms with van der Waals surface area (Å²) in [5.41, 5.74) is 8.81. The molecular formula is C31H41N3O9S. The van der Waals surface area contributed by atoms with Crippen LogP contribution in [0.1, 0.15) is 41.2 Å². The third-order valence-corrected chi connectivity index (χ3v) is 7.26. The topological polar surface area (TPSA) is 176 Å². The van der Waals surface area contributed by atoms with E-state index in [2.05, 4.69) is 22.5 Å². The van der Waals surface area contributed by atoms with Crippen LogP contribution in [-0.4, -0.2) is 95.9 Å². The second kappa shape index (κ2) is 19.1. The number of amides is 2. The number of carbonyl (C=O) groups excluding carboxylic acids is 2. The third kappa shape index (κ3) is 13.1. The minimum atomic E-state index is -4.57. The van der Waals surface area contributed by atoms with Gasteiger partial charge in [0.15, 0.2) is 0 Å². The standard InChI is InChI=1S/C31H41N3O9S/c32-13-5-15-40-17-19-42-20-18-41-16-6-14-33-31(36)28(23-44(37,38)39)34-30(35)22-43-29-21-26-9-2-1-7-24(26)11-12-25-8-3-4-10-27(25)29/h1-4,7-10,28-29H,5-6,13-23,32H2,(H,33,36)(H,34,35)(H,37,38,39). The van der Waals surface area contributed by atoms with E-state index in [4.69, 9.17) is 24.7 Å². The van der Waals surface area contributed by atoms with Crippen molar-refractivity contribution in [1.29, 1.82) is 0 Å². The smallest absolute Gasteiger partial charge is 0.267 e. The molecule has 0 aromatic heterocycles. The Bertz CT molecular complexity index is 1370. The van der Waals surface area contributed by atoms with Crippen LogP contribution in [0.15, 0.2) is 48.5 Å². The average molecular weight is 632 g/mol. The number of nitrogens with one attached hydrogen (secondary N) is 2. The molecule has 0 bridgehead atoms. The predicted molar refractivity (Wildman–Crippen MR) is 163 cm³/mol. The van der Waals surface area contributed by atoms with Crippen molar-refractivity contribution < 1.29 is 41.5 Å². The maximum atomic E-state index is 12.8. The van der Waals surface area contributed by atoms with Crippen LogP contribution in [0, 0.1) is 11.8 Å². The van der Waals surface area contributed by atoms with E-state index in [1.807, 2.05) is 48.5 Å². The molecule has 3 rings (SSSR count). The molecule has 12 nitrogen and oxygen atoms in total. The zero-order chi connectivity index (χ0) is 31.6. The number of ether oxygens (including phenoxy) is 4. The molecule has 0 radical (unpaired) electrons. The van der Waals surface area contributed by atoms with Gasteiger partial charge in [0.2, 0.25) is 11.8 Å². The molecule has 0 aliphatic heterocycles. The minimum absolute atomic E-state index is 0.169. The fourth-order valence-corrected chi connectivity index (χ4v) is 5.00. The van der Waals surface area contributed by atoms with E-state index < -0.39 is 46.4 Å². The van der Waals surface area contributed by atoms with E-state index in [9.17, 15) is 22.6 Å². The van der Waals surface area contributed by atoms with Gasteiger partial charge in [0, 0.05) is 37.3 Å². The normalized spacial score (nSPS) is 14.6. The molecule has 240 valence electrons. The number of nitrogens with two attached hydrogens (primary N) is 1.